The van der Waals surface area contributed by atoms with Gasteiger partial charge in [-0.25, -0.2) is 4.98 Å². The number of para-hydroxylation sites is 7. The van der Waals surface area contributed by atoms with Gasteiger partial charge in [0.15, 0.2) is 0 Å². The Labute approximate surface area is 311 Å². The molecule has 0 radical (unpaired) electrons. The lowest BCUT2D eigenvalue weighted by atomic mass is 10.0. The van der Waals surface area contributed by atoms with E-state index in [1.54, 1.807) is 0 Å². The van der Waals surface area contributed by atoms with Crippen LogP contribution in [0.5, 0.6) is 0 Å². The summed E-state index contributed by atoms with van der Waals surface area (Å²) in [5, 5.41) is 2.49. The first-order chi connectivity index (χ1) is 26.8. The normalized spacial score (nSPS) is 11.7. The average molecular weight is 692 g/mol. The van der Waals surface area contributed by atoms with Gasteiger partial charge in [0.25, 0.3) is 0 Å². The third kappa shape index (κ3) is 4.62. The molecule has 11 rings (SSSR count). The van der Waals surface area contributed by atoms with Crippen LogP contribution in [0, 0.1) is 0 Å². The highest BCUT2D eigenvalue weighted by molar-refractivity contribution is 6.09. The van der Waals surface area contributed by atoms with Gasteiger partial charge in [0.2, 0.25) is 5.78 Å². The molecule has 0 saturated heterocycles. The SMILES string of the molecule is c1ccc(-c2ccccc2N(c2cccc(-n3c4ccccc4c4ccccc43)c2)c2cccc(-n3c4ccccc4n4c5ccccc5nc34)c2)cc1. The monoisotopic (exact) mass is 691 g/mol. The summed E-state index contributed by atoms with van der Waals surface area (Å²) >= 11 is 0. The van der Waals surface area contributed by atoms with Crippen LogP contribution in [-0.2, 0) is 0 Å². The van der Waals surface area contributed by atoms with E-state index in [0.717, 1.165) is 67.4 Å². The van der Waals surface area contributed by atoms with E-state index < -0.39 is 0 Å². The number of fused-ring (bicyclic) bond motifs is 8. The van der Waals surface area contributed by atoms with E-state index in [0.29, 0.717) is 0 Å². The van der Waals surface area contributed by atoms with Gasteiger partial charge in [-0.1, -0.05) is 121 Å². The van der Waals surface area contributed by atoms with Crippen LogP contribution in [0.3, 0.4) is 0 Å². The predicted octanol–water partition coefficient (Wildman–Crippen LogP) is 12.7. The van der Waals surface area contributed by atoms with Gasteiger partial charge in [0.1, 0.15) is 0 Å². The van der Waals surface area contributed by atoms with Crippen LogP contribution in [0.2, 0.25) is 0 Å². The Balaban J connectivity index is 1.16. The number of anilines is 3. The smallest absolute Gasteiger partial charge is 0.220 e. The first-order valence-electron chi connectivity index (χ1n) is 18.3. The van der Waals surface area contributed by atoms with Crippen molar-refractivity contribution >= 4 is 66.7 Å². The Morgan fingerprint density at radius 3 is 1.63 bits per heavy atom. The highest BCUT2D eigenvalue weighted by atomic mass is 15.2. The summed E-state index contributed by atoms with van der Waals surface area (Å²) in [5.41, 5.74) is 14.3. The lowest BCUT2D eigenvalue weighted by Crippen LogP contribution is -2.12. The topological polar surface area (TPSA) is 30.4 Å². The van der Waals surface area contributed by atoms with Crippen molar-refractivity contribution in [3.8, 4) is 22.5 Å². The van der Waals surface area contributed by atoms with E-state index in [4.69, 9.17) is 4.98 Å². The Bertz CT molecular complexity index is 3130. The van der Waals surface area contributed by atoms with Gasteiger partial charge in [0, 0.05) is 33.4 Å². The fraction of sp³-hybridized carbons (Fsp3) is 0. The van der Waals surface area contributed by atoms with Crippen LogP contribution in [0.1, 0.15) is 0 Å². The predicted molar refractivity (Wildman–Crippen MR) is 224 cm³/mol. The molecule has 0 aliphatic rings. The van der Waals surface area contributed by atoms with Crippen molar-refractivity contribution in [2.45, 2.75) is 0 Å². The summed E-state index contributed by atoms with van der Waals surface area (Å²) in [6.45, 7) is 0. The molecule has 54 heavy (non-hydrogen) atoms. The molecule has 5 nitrogen and oxygen atoms in total. The zero-order valence-electron chi connectivity index (χ0n) is 29.3. The quantitative estimate of drug-likeness (QED) is 0.174. The number of hydrogen-bond donors (Lipinski definition) is 0. The highest BCUT2D eigenvalue weighted by Gasteiger charge is 2.21. The fourth-order valence-corrected chi connectivity index (χ4v) is 8.31. The van der Waals surface area contributed by atoms with Crippen molar-refractivity contribution in [2.75, 3.05) is 4.90 Å². The number of hydrogen-bond acceptors (Lipinski definition) is 2. The molecule has 0 spiro atoms. The summed E-state index contributed by atoms with van der Waals surface area (Å²) in [4.78, 5) is 7.57. The molecule has 0 aliphatic heterocycles. The fourth-order valence-electron chi connectivity index (χ4n) is 8.31. The van der Waals surface area contributed by atoms with E-state index >= 15 is 0 Å². The summed E-state index contributed by atoms with van der Waals surface area (Å²) in [5.74, 6) is 0.888. The van der Waals surface area contributed by atoms with Gasteiger partial charge in [-0.2, -0.15) is 0 Å². The molecular formula is C49H33N5. The third-order valence-electron chi connectivity index (χ3n) is 10.6. The molecule has 11 aromatic rings. The molecule has 5 heteroatoms. The summed E-state index contributed by atoms with van der Waals surface area (Å²) < 4.78 is 6.95. The van der Waals surface area contributed by atoms with Crippen LogP contribution < -0.4 is 4.90 Å². The first kappa shape index (κ1) is 30.3. The minimum absolute atomic E-state index is 0.888. The highest BCUT2D eigenvalue weighted by Crippen LogP contribution is 2.43. The van der Waals surface area contributed by atoms with Crippen LogP contribution >= 0.6 is 0 Å². The van der Waals surface area contributed by atoms with Crippen molar-refractivity contribution in [3.63, 3.8) is 0 Å². The molecule has 0 unspecified atom stereocenters. The Morgan fingerprint density at radius 2 is 0.926 bits per heavy atom. The van der Waals surface area contributed by atoms with Gasteiger partial charge in [0.05, 0.1) is 44.5 Å². The van der Waals surface area contributed by atoms with Crippen molar-refractivity contribution in [2.24, 2.45) is 0 Å². The number of rotatable bonds is 6. The second-order valence-electron chi connectivity index (χ2n) is 13.7. The molecular weight excluding hydrogens is 659 g/mol. The molecule has 0 bridgehead atoms. The van der Waals surface area contributed by atoms with E-state index in [1.807, 2.05) is 0 Å². The van der Waals surface area contributed by atoms with Crippen LogP contribution in [-0.4, -0.2) is 18.5 Å². The van der Waals surface area contributed by atoms with Crippen molar-refractivity contribution in [3.05, 3.63) is 200 Å². The number of aromatic nitrogens is 4. The van der Waals surface area contributed by atoms with E-state index in [2.05, 4.69) is 219 Å². The van der Waals surface area contributed by atoms with Crippen LogP contribution in [0.4, 0.5) is 17.1 Å². The Hall–Kier alpha value is -7.37. The molecule has 0 atom stereocenters. The molecule has 0 amide bonds. The van der Waals surface area contributed by atoms with E-state index in [1.165, 1.54) is 21.8 Å². The van der Waals surface area contributed by atoms with Gasteiger partial charge >= 0.3 is 0 Å². The van der Waals surface area contributed by atoms with Crippen molar-refractivity contribution in [1.29, 1.82) is 0 Å². The molecule has 3 aromatic heterocycles. The number of nitrogens with zero attached hydrogens (tertiary/aromatic N) is 5. The molecule has 3 heterocycles. The summed E-state index contributed by atoms with van der Waals surface area (Å²) in [6.07, 6.45) is 0. The standard InChI is InChI=1S/C49H33N5/c1-2-16-34(17-3-1)39-22-4-8-26-43(39)51(35-18-14-20-37(32-35)52-44-27-9-5-23-40(44)41-24-6-10-28-45(41)52)36-19-15-21-38(33-36)53-47-30-12-13-31-48(47)54-46-29-11-7-25-42(46)50-49(53)54/h1-33H. The Kier molecular flexibility index (Phi) is 6.79. The van der Waals surface area contributed by atoms with Gasteiger partial charge in [-0.3, -0.25) is 8.97 Å². The van der Waals surface area contributed by atoms with Crippen LogP contribution in [0.15, 0.2) is 200 Å². The molecule has 8 aromatic carbocycles. The zero-order valence-corrected chi connectivity index (χ0v) is 29.3. The van der Waals surface area contributed by atoms with Gasteiger partial charge in [-0.15, -0.1) is 0 Å². The van der Waals surface area contributed by atoms with Gasteiger partial charge in [-0.05, 0) is 84.4 Å². The minimum atomic E-state index is 0.888. The number of benzene rings is 8. The van der Waals surface area contributed by atoms with Crippen molar-refractivity contribution in [1.82, 2.24) is 18.5 Å². The molecule has 0 aliphatic carbocycles. The zero-order chi connectivity index (χ0) is 35.6. The molecule has 0 saturated carbocycles. The lowest BCUT2D eigenvalue weighted by Gasteiger charge is -2.29. The number of imidazole rings is 2. The first-order valence-corrected chi connectivity index (χ1v) is 18.3. The Morgan fingerprint density at radius 1 is 0.389 bits per heavy atom. The summed E-state index contributed by atoms with van der Waals surface area (Å²) in [7, 11) is 0. The maximum atomic E-state index is 5.17. The summed E-state index contributed by atoms with van der Waals surface area (Å²) in [6, 6.07) is 71.5. The second-order valence-corrected chi connectivity index (χ2v) is 13.7. The maximum absolute atomic E-state index is 5.17. The lowest BCUT2D eigenvalue weighted by molar-refractivity contribution is 1.10. The molecule has 254 valence electrons. The maximum Gasteiger partial charge on any atom is 0.220 e. The second kappa shape index (κ2) is 12.1. The van der Waals surface area contributed by atoms with Crippen LogP contribution in [0.25, 0.3) is 72.2 Å². The van der Waals surface area contributed by atoms with E-state index in [9.17, 15) is 0 Å². The van der Waals surface area contributed by atoms with E-state index in [-0.39, 0.29) is 0 Å². The minimum Gasteiger partial charge on any atom is -0.310 e. The molecule has 0 N–H and O–H groups in total. The molecule has 0 fully saturated rings. The average Bonchev–Trinajstić information content (AvgIpc) is 3.89. The third-order valence-corrected chi connectivity index (χ3v) is 10.6. The largest absolute Gasteiger partial charge is 0.310 e. The van der Waals surface area contributed by atoms with Crippen molar-refractivity contribution < 1.29 is 0 Å². The van der Waals surface area contributed by atoms with Gasteiger partial charge < -0.3 is 9.47 Å².